The number of aliphatic carboxylic acids is 3. The molecule has 4 N–H and O–H groups in total. The van der Waals surface area contributed by atoms with Crippen molar-refractivity contribution in [2.75, 3.05) is 32.7 Å². The van der Waals surface area contributed by atoms with Gasteiger partial charge < -0.3 is 20.4 Å². The molecule has 1 amide bonds. The van der Waals surface area contributed by atoms with Crippen molar-refractivity contribution in [3.05, 3.63) is 0 Å². The lowest BCUT2D eigenvalue weighted by atomic mass is 10.4. The smallest absolute Gasteiger partial charge is 0.407 e. The third kappa shape index (κ3) is 8.37. The van der Waals surface area contributed by atoms with Gasteiger partial charge in [-0.2, -0.15) is 0 Å². The van der Waals surface area contributed by atoms with E-state index in [0.29, 0.717) is 4.90 Å². The fraction of sp³-hybridized carbons (Fsp3) is 0.556. The summed E-state index contributed by atoms with van der Waals surface area (Å²) >= 11 is 0. The zero-order valence-corrected chi connectivity index (χ0v) is 9.85. The molecule has 10 heteroatoms. The predicted octanol–water partition coefficient (Wildman–Crippen LogP) is -1.48. The predicted molar refractivity (Wildman–Crippen MR) is 58.9 cm³/mol. The van der Waals surface area contributed by atoms with Crippen molar-refractivity contribution in [3.8, 4) is 0 Å². The van der Waals surface area contributed by atoms with Gasteiger partial charge in [-0.1, -0.05) is 0 Å². The molecule has 0 atom stereocenters. The third-order valence-electron chi connectivity index (χ3n) is 2.00. The topological polar surface area (TPSA) is 156 Å². The highest BCUT2D eigenvalue weighted by atomic mass is 16.4. The average Bonchev–Trinajstić information content (AvgIpc) is 2.21. The maximum absolute atomic E-state index is 10.7. The zero-order valence-electron chi connectivity index (χ0n) is 9.85. The standard InChI is InChI=1S/C9H14N2O8/c12-6(13)3-10(4-7(14)15)1-2-11(9(18)19)5-8(16)17/h1-5H2,(H,12,13)(H,14,15)(H,16,17)(H,18,19). The fourth-order valence-electron chi connectivity index (χ4n) is 1.26. The van der Waals surface area contributed by atoms with Gasteiger partial charge in [-0.15, -0.1) is 0 Å². The molecule has 0 rings (SSSR count). The Morgan fingerprint density at radius 3 is 1.42 bits per heavy atom. The van der Waals surface area contributed by atoms with Crippen LogP contribution in [0, 0.1) is 0 Å². The molecule has 0 saturated heterocycles. The summed E-state index contributed by atoms with van der Waals surface area (Å²) in [5, 5.41) is 34.3. The molecule has 0 fully saturated rings. The lowest BCUT2D eigenvalue weighted by Crippen LogP contribution is -2.43. The van der Waals surface area contributed by atoms with E-state index < -0.39 is 43.6 Å². The zero-order chi connectivity index (χ0) is 15.0. The number of carboxylic acid groups (broad SMARTS) is 4. The second-order valence-electron chi connectivity index (χ2n) is 3.60. The number of carboxylic acids is 3. The summed E-state index contributed by atoms with van der Waals surface area (Å²) in [7, 11) is 0. The van der Waals surface area contributed by atoms with E-state index in [1.807, 2.05) is 0 Å². The fourth-order valence-corrected chi connectivity index (χ4v) is 1.26. The minimum atomic E-state index is -1.48. The first kappa shape index (κ1) is 16.6. The van der Waals surface area contributed by atoms with Crippen LogP contribution in [0.25, 0.3) is 0 Å². The Morgan fingerprint density at radius 1 is 0.684 bits per heavy atom. The quantitative estimate of drug-likeness (QED) is 0.395. The van der Waals surface area contributed by atoms with Gasteiger partial charge in [0.2, 0.25) is 0 Å². The van der Waals surface area contributed by atoms with E-state index in [2.05, 4.69) is 0 Å². The van der Waals surface area contributed by atoms with Crippen LogP contribution >= 0.6 is 0 Å². The summed E-state index contributed by atoms with van der Waals surface area (Å²) < 4.78 is 0. The Kier molecular flexibility index (Phi) is 6.89. The summed E-state index contributed by atoms with van der Waals surface area (Å²) in [5.41, 5.74) is 0. The highest BCUT2D eigenvalue weighted by molar-refractivity contribution is 5.75. The second kappa shape index (κ2) is 7.87. The van der Waals surface area contributed by atoms with E-state index in [1.165, 1.54) is 0 Å². The van der Waals surface area contributed by atoms with Gasteiger partial charge >= 0.3 is 24.0 Å². The molecule has 0 saturated carbocycles. The molecule has 10 nitrogen and oxygen atoms in total. The summed E-state index contributed by atoms with van der Waals surface area (Å²) in [4.78, 5) is 43.6. The number of hydrogen-bond donors (Lipinski definition) is 4. The molecule has 19 heavy (non-hydrogen) atoms. The van der Waals surface area contributed by atoms with Crippen LogP contribution < -0.4 is 0 Å². The molecule has 0 spiro atoms. The molecular weight excluding hydrogens is 264 g/mol. The van der Waals surface area contributed by atoms with Crippen molar-refractivity contribution < 1.29 is 39.6 Å². The summed E-state index contributed by atoms with van der Waals surface area (Å²) in [6, 6.07) is 0. The van der Waals surface area contributed by atoms with E-state index in [9.17, 15) is 19.2 Å². The Balaban J connectivity index is 4.47. The van der Waals surface area contributed by atoms with E-state index in [0.717, 1.165) is 4.90 Å². The third-order valence-corrected chi connectivity index (χ3v) is 2.00. The number of rotatable bonds is 9. The highest BCUT2D eigenvalue weighted by Gasteiger charge is 2.19. The SMILES string of the molecule is O=C(O)CN(CCN(CC(=O)O)C(=O)O)CC(=O)O. The van der Waals surface area contributed by atoms with E-state index in [-0.39, 0.29) is 13.1 Å². The van der Waals surface area contributed by atoms with Crippen molar-refractivity contribution >= 4 is 24.0 Å². The maximum Gasteiger partial charge on any atom is 0.407 e. The van der Waals surface area contributed by atoms with Crippen LogP contribution in [-0.4, -0.2) is 87.0 Å². The maximum atomic E-state index is 10.7. The van der Waals surface area contributed by atoms with Crippen LogP contribution in [0.5, 0.6) is 0 Å². The normalized spacial score (nSPS) is 10.2. The van der Waals surface area contributed by atoms with Gasteiger partial charge in [0, 0.05) is 13.1 Å². The number of nitrogens with zero attached hydrogens (tertiary/aromatic N) is 2. The number of hydrogen-bond acceptors (Lipinski definition) is 5. The highest BCUT2D eigenvalue weighted by Crippen LogP contribution is 1.94. The number of carbonyl (C=O) groups is 4. The van der Waals surface area contributed by atoms with E-state index in [1.54, 1.807) is 0 Å². The first-order chi connectivity index (χ1) is 8.72. The average molecular weight is 278 g/mol. The monoisotopic (exact) mass is 278 g/mol. The van der Waals surface area contributed by atoms with Crippen molar-refractivity contribution in [1.29, 1.82) is 0 Å². The molecule has 0 aliphatic heterocycles. The molecule has 0 bridgehead atoms. The summed E-state index contributed by atoms with van der Waals surface area (Å²) in [6.45, 7) is -2.41. The first-order valence-electron chi connectivity index (χ1n) is 5.08. The minimum Gasteiger partial charge on any atom is -0.480 e. The number of amides is 1. The molecular formula is C9H14N2O8. The molecule has 108 valence electrons. The summed E-state index contributed by atoms with van der Waals surface area (Å²) in [5.74, 6) is -3.88. The molecule has 0 aromatic rings. The van der Waals surface area contributed by atoms with Gasteiger partial charge in [-0.3, -0.25) is 24.2 Å². The molecule has 0 heterocycles. The first-order valence-corrected chi connectivity index (χ1v) is 5.08. The van der Waals surface area contributed by atoms with Crippen LogP contribution in [0.4, 0.5) is 4.79 Å². The van der Waals surface area contributed by atoms with Crippen LogP contribution in [0.1, 0.15) is 0 Å². The van der Waals surface area contributed by atoms with Gasteiger partial charge in [0.1, 0.15) is 6.54 Å². The van der Waals surface area contributed by atoms with Gasteiger partial charge in [0.05, 0.1) is 13.1 Å². The van der Waals surface area contributed by atoms with Gasteiger partial charge in [-0.25, -0.2) is 4.79 Å². The molecule has 0 aliphatic carbocycles. The largest absolute Gasteiger partial charge is 0.480 e. The van der Waals surface area contributed by atoms with Crippen LogP contribution in [0.3, 0.4) is 0 Å². The molecule has 0 aliphatic rings. The summed E-state index contributed by atoms with van der Waals surface area (Å²) in [6.07, 6.45) is -1.48. The van der Waals surface area contributed by atoms with Gasteiger partial charge in [0.25, 0.3) is 0 Å². The molecule has 0 unspecified atom stereocenters. The minimum absolute atomic E-state index is 0.196. The Hall–Kier alpha value is -2.36. The Bertz CT molecular complexity index is 353. The second-order valence-corrected chi connectivity index (χ2v) is 3.60. The van der Waals surface area contributed by atoms with Crippen molar-refractivity contribution in [2.24, 2.45) is 0 Å². The van der Waals surface area contributed by atoms with Crippen LogP contribution in [0.2, 0.25) is 0 Å². The van der Waals surface area contributed by atoms with Crippen molar-refractivity contribution in [3.63, 3.8) is 0 Å². The lowest BCUT2D eigenvalue weighted by Gasteiger charge is -2.22. The van der Waals surface area contributed by atoms with Crippen LogP contribution in [0.15, 0.2) is 0 Å². The van der Waals surface area contributed by atoms with Crippen molar-refractivity contribution in [1.82, 2.24) is 9.80 Å². The van der Waals surface area contributed by atoms with Crippen molar-refractivity contribution in [2.45, 2.75) is 0 Å². The molecule has 0 aromatic carbocycles. The Morgan fingerprint density at radius 2 is 1.11 bits per heavy atom. The van der Waals surface area contributed by atoms with Gasteiger partial charge in [-0.05, 0) is 0 Å². The lowest BCUT2D eigenvalue weighted by molar-refractivity contribution is -0.142. The Labute approximate surface area is 107 Å². The molecule has 0 aromatic heterocycles. The van der Waals surface area contributed by atoms with Gasteiger partial charge in [0.15, 0.2) is 0 Å². The molecule has 0 radical (unpaired) electrons. The van der Waals surface area contributed by atoms with Crippen LogP contribution in [-0.2, 0) is 14.4 Å². The van der Waals surface area contributed by atoms with E-state index >= 15 is 0 Å². The van der Waals surface area contributed by atoms with E-state index in [4.69, 9.17) is 20.4 Å².